The number of nitrogens with one attached hydrogen (secondary N) is 1. The number of amides is 1. The van der Waals surface area contributed by atoms with E-state index in [9.17, 15) is 40.5 Å². The van der Waals surface area contributed by atoms with Crippen LogP contribution in [0.25, 0.3) is 0 Å². The predicted octanol–water partition coefficient (Wildman–Crippen LogP) is 20.9. The summed E-state index contributed by atoms with van der Waals surface area (Å²) in [6.45, 7) is 3.50. The zero-order valence-electron chi connectivity index (χ0n) is 60.6. The largest absolute Gasteiger partial charge is 0.394 e. The molecule has 0 aromatic carbocycles. The Hall–Kier alpha value is -1.67. The van der Waals surface area contributed by atoms with Crippen molar-refractivity contribution in [2.45, 2.75) is 461 Å². The fourth-order valence-corrected chi connectivity index (χ4v) is 13.2. The van der Waals surface area contributed by atoms with E-state index < -0.39 is 74.2 Å². The average Bonchev–Trinajstić information content (AvgIpc) is 0.975. The van der Waals surface area contributed by atoms with Crippen molar-refractivity contribution in [2.24, 2.45) is 0 Å². The predicted molar refractivity (Wildman–Crippen MR) is 390 cm³/mol. The first-order valence-electron chi connectivity index (χ1n) is 40.4. The van der Waals surface area contributed by atoms with Gasteiger partial charge in [0.1, 0.15) is 36.6 Å². The highest BCUT2D eigenvalue weighted by molar-refractivity contribution is 5.80. The van der Waals surface area contributed by atoms with Crippen molar-refractivity contribution in [1.82, 2.24) is 5.32 Å². The van der Waals surface area contributed by atoms with Crippen LogP contribution in [0.1, 0.15) is 406 Å². The Bertz CT molecular complexity index is 1590. The molecule has 1 aliphatic heterocycles. The lowest BCUT2D eigenvalue weighted by molar-refractivity contribution is -0.303. The summed E-state index contributed by atoms with van der Waals surface area (Å²) in [6.07, 6.45) is 79.9. The number of ether oxygens (including phenoxy) is 2. The van der Waals surface area contributed by atoms with Gasteiger partial charge >= 0.3 is 0 Å². The molecule has 1 saturated heterocycles. The minimum atomic E-state index is -1.67. The molecule has 1 heterocycles. The summed E-state index contributed by atoms with van der Waals surface area (Å²) in [7, 11) is 0. The lowest BCUT2D eigenvalue weighted by Gasteiger charge is -2.40. The highest BCUT2D eigenvalue weighted by atomic mass is 16.7. The fraction of sp³-hybridized carbons (Fsp3) is 0.914. The van der Waals surface area contributed by atoms with Crippen molar-refractivity contribution >= 4 is 5.91 Å². The first kappa shape index (κ1) is 88.3. The zero-order valence-corrected chi connectivity index (χ0v) is 60.6. The molecule has 0 aromatic heterocycles. The third kappa shape index (κ3) is 55.3. The number of hydrogen-bond acceptors (Lipinski definition) is 10. The van der Waals surface area contributed by atoms with E-state index in [1.807, 2.05) is 0 Å². The standard InChI is InChI=1S/C81H155NO10/c1-3-5-7-9-11-13-15-17-19-21-23-25-27-29-31-32-33-34-35-36-37-38-39-40-41-43-45-47-49-51-53-55-57-59-61-63-65-67-69-74(85)80(90)82-72(71-91-81-79(89)78(88)77(87)75(70-83)92-81)76(86)73(84)68-66-64-62-60-58-56-54-52-50-48-46-44-42-30-28-26-24-22-20-18-16-14-12-10-8-6-4-2/h44,46,52,54,60,62,72-79,81,83-89H,3-43,45,47-51,53,55-59,61,63-71H2,1-2H3,(H,82,90)/b46-44+,54-52+,62-60+. The molecule has 92 heavy (non-hydrogen) atoms. The van der Waals surface area contributed by atoms with Crippen LogP contribution in [0.3, 0.4) is 0 Å². The number of unbranched alkanes of at least 4 members (excludes halogenated alkanes) is 54. The van der Waals surface area contributed by atoms with E-state index in [0.717, 1.165) is 44.9 Å². The van der Waals surface area contributed by atoms with Gasteiger partial charge in [0, 0.05) is 0 Å². The smallest absolute Gasteiger partial charge is 0.249 e. The number of aliphatic hydroxyl groups is 7. The van der Waals surface area contributed by atoms with Crippen molar-refractivity contribution in [1.29, 1.82) is 0 Å². The molecule has 0 bridgehead atoms. The summed E-state index contributed by atoms with van der Waals surface area (Å²) in [6, 6.07) is -1.20. The van der Waals surface area contributed by atoms with Crippen molar-refractivity contribution in [3.05, 3.63) is 36.5 Å². The molecule has 0 saturated carbocycles. The normalized spacial score (nSPS) is 18.5. The Morgan fingerprint density at radius 3 is 0.967 bits per heavy atom. The van der Waals surface area contributed by atoms with Crippen LogP contribution < -0.4 is 5.32 Å². The molecule has 0 aromatic rings. The first-order chi connectivity index (χ1) is 45.2. The molecule has 11 heteroatoms. The van der Waals surface area contributed by atoms with Gasteiger partial charge < -0.3 is 50.5 Å². The zero-order chi connectivity index (χ0) is 66.7. The highest BCUT2D eigenvalue weighted by Crippen LogP contribution is 2.24. The molecule has 0 aliphatic carbocycles. The van der Waals surface area contributed by atoms with E-state index in [4.69, 9.17) is 9.47 Å². The first-order valence-corrected chi connectivity index (χ1v) is 40.4. The molecule has 544 valence electrons. The van der Waals surface area contributed by atoms with Gasteiger partial charge in [-0.2, -0.15) is 0 Å². The van der Waals surface area contributed by atoms with Crippen molar-refractivity contribution < 1.29 is 50.0 Å². The average molecular weight is 1300 g/mol. The summed E-state index contributed by atoms with van der Waals surface area (Å²) in [4.78, 5) is 13.3. The molecule has 1 aliphatic rings. The minimum Gasteiger partial charge on any atom is -0.394 e. The van der Waals surface area contributed by atoms with Gasteiger partial charge in [0.25, 0.3) is 0 Å². The van der Waals surface area contributed by atoms with Gasteiger partial charge in [-0.15, -0.1) is 0 Å². The van der Waals surface area contributed by atoms with E-state index >= 15 is 0 Å². The van der Waals surface area contributed by atoms with Crippen LogP contribution in [0.15, 0.2) is 36.5 Å². The van der Waals surface area contributed by atoms with Gasteiger partial charge in [0.2, 0.25) is 5.91 Å². The number of rotatable bonds is 72. The van der Waals surface area contributed by atoms with Crippen molar-refractivity contribution in [2.75, 3.05) is 13.2 Å². The molecule has 1 fully saturated rings. The Morgan fingerprint density at radius 1 is 0.370 bits per heavy atom. The Balaban J connectivity index is 2.13. The van der Waals surface area contributed by atoms with Crippen LogP contribution in [0, 0.1) is 0 Å². The van der Waals surface area contributed by atoms with Crippen molar-refractivity contribution in [3.8, 4) is 0 Å². The van der Waals surface area contributed by atoms with Crippen LogP contribution in [0.4, 0.5) is 0 Å². The summed E-state index contributed by atoms with van der Waals surface area (Å²) in [5, 5.41) is 76.6. The quantitative estimate of drug-likeness (QED) is 0.0215. The number of allylic oxidation sites excluding steroid dienone is 6. The molecule has 11 nitrogen and oxygen atoms in total. The number of hydrogen-bond donors (Lipinski definition) is 8. The Labute approximate surface area is 568 Å². The molecule has 9 atom stereocenters. The van der Waals surface area contributed by atoms with Gasteiger partial charge in [-0.05, 0) is 64.2 Å². The van der Waals surface area contributed by atoms with E-state index in [2.05, 4.69) is 55.6 Å². The van der Waals surface area contributed by atoms with E-state index in [1.165, 1.54) is 315 Å². The summed E-state index contributed by atoms with van der Waals surface area (Å²) in [5.74, 6) is -0.705. The third-order valence-electron chi connectivity index (χ3n) is 19.7. The molecule has 8 N–H and O–H groups in total. The van der Waals surface area contributed by atoms with Crippen molar-refractivity contribution in [3.63, 3.8) is 0 Å². The monoisotopic (exact) mass is 1300 g/mol. The number of aliphatic hydroxyl groups excluding tert-OH is 7. The van der Waals surface area contributed by atoms with Crippen LogP contribution in [-0.2, 0) is 14.3 Å². The van der Waals surface area contributed by atoms with Gasteiger partial charge in [0.05, 0.1) is 25.4 Å². The molecule has 0 spiro atoms. The molecule has 9 unspecified atom stereocenters. The lowest BCUT2D eigenvalue weighted by Crippen LogP contribution is -2.60. The van der Waals surface area contributed by atoms with Gasteiger partial charge in [0.15, 0.2) is 6.29 Å². The second kappa shape index (κ2) is 69.2. The molecule has 0 radical (unpaired) electrons. The van der Waals surface area contributed by atoms with Crippen LogP contribution in [0.2, 0.25) is 0 Å². The second-order valence-electron chi connectivity index (χ2n) is 28.5. The Kier molecular flexibility index (Phi) is 66.5. The summed E-state index contributed by atoms with van der Waals surface area (Å²) >= 11 is 0. The molecular formula is C81H155NO10. The molecule has 1 rings (SSSR count). The minimum absolute atomic E-state index is 0.243. The highest BCUT2D eigenvalue weighted by Gasteiger charge is 2.44. The van der Waals surface area contributed by atoms with Gasteiger partial charge in [-0.25, -0.2) is 0 Å². The SMILES string of the molecule is CCCCCCCCCCCCCCCC/C=C/CC/C=C/CC/C=C/CCCC(O)C(O)C(COC1OC(CO)C(O)C(O)C1O)NC(=O)C(O)CCCCCCCCCCCCCCCCCCCCCCCCCCCCCCCCCCCCCCCC. The fourth-order valence-electron chi connectivity index (χ4n) is 13.2. The van der Waals surface area contributed by atoms with Crippen LogP contribution in [-0.4, -0.2) is 110 Å². The van der Waals surface area contributed by atoms with Crippen LogP contribution in [0.5, 0.6) is 0 Å². The lowest BCUT2D eigenvalue weighted by atomic mass is 9.98. The van der Waals surface area contributed by atoms with Gasteiger partial charge in [-0.1, -0.05) is 378 Å². The maximum Gasteiger partial charge on any atom is 0.249 e. The molecular weight excluding hydrogens is 1150 g/mol. The van der Waals surface area contributed by atoms with Crippen LogP contribution >= 0.6 is 0 Å². The summed E-state index contributed by atoms with van der Waals surface area (Å²) in [5.41, 5.74) is 0. The molecule has 1 amide bonds. The van der Waals surface area contributed by atoms with Gasteiger partial charge in [-0.3, -0.25) is 4.79 Å². The van der Waals surface area contributed by atoms with E-state index in [-0.39, 0.29) is 12.8 Å². The Morgan fingerprint density at radius 2 is 0.652 bits per heavy atom. The van der Waals surface area contributed by atoms with E-state index in [0.29, 0.717) is 19.3 Å². The topological polar surface area (TPSA) is 189 Å². The maximum absolute atomic E-state index is 13.3. The van der Waals surface area contributed by atoms with E-state index in [1.54, 1.807) is 0 Å². The third-order valence-corrected chi connectivity index (χ3v) is 19.7. The second-order valence-corrected chi connectivity index (χ2v) is 28.5. The number of carbonyl (C=O) groups is 1. The maximum atomic E-state index is 13.3. The number of carbonyl (C=O) groups excluding carboxylic acids is 1. The summed E-state index contributed by atoms with van der Waals surface area (Å²) < 4.78 is 11.2.